The van der Waals surface area contributed by atoms with Crippen molar-refractivity contribution in [3.63, 3.8) is 0 Å². The molecule has 8 nitrogen and oxygen atoms in total. The van der Waals surface area contributed by atoms with Gasteiger partial charge in [0, 0.05) is 34.4 Å². The number of rotatable bonds is 26. The minimum Gasteiger partial charge on any atom is -0.488 e. The van der Waals surface area contributed by atoms with E-state index < -0.39 is 12.2 Å². The van der Waals surface area contributed by atoms with Gasteiger partial charge in [-0.3, -0.25) is 9.59 Å². The second-order valence-corrected chi connectivity index (χ2v) is 12.4. The van der Waals surface area contributed by atoms with Crippen molar-refractivity contribution in [3.8, 4) is 11.5 Å². The van der Waals surface area contributed by atoms with E-state index in [1.807, 2.05) is 43.3 Å². The summed E-state index contributed by atoms with van der Waals surface area (Å²) < 4.78 is 36.1. The Morgan fingerprint density at radius 2 is 1.10 bits per heavy atom. The lowest BCUT2D eigenvalue weighted by atomic mass is 9.99. The second kappa shape index (κ2) is 22.7. The van der Waals surface area contributed by atoms with Crippen LogP contribution in [0.5, 0.6) is 11.5 Å². The highest BCUT2D eigenvalue weighted by Crippen LogP contribution is 2.43. The van der Waals surface area contributed by atoms with Crippen LogP contribution in [0.2, 0.25) is 0 Å². The molecule has 0 saturated heterocycles. The fourth-order valence-electron chi connectivity index (χ4n) is 5.56. The molecular weight excluding hydrogens is 620 g/mol. The van der Waals surface area contributed by atoms with E-state index in [0.29, 0.717) is 37.6 Å². The molecule has 49 heavy (non-hydrogen) atoms. The molecule has 0 amide bonds. The summed E-state index contributed by atoms with van der Waals surface area (Å²) in [7, 11) is 0. The van der Waals surface area contributed by atoms with Crippen LogP contribution in [-0.2, 0) is 28.5 Å². The van der Waals surface area contributed by atoms with E-state index in [2.05, 4.69) is 33.1 Å². The smallest absolute Gasteiger partial charge is 0.306 e. The summed E-state index contributed by atoms with van der Waals surface area (Å²) in [6.07, 6.45) is 10.8. The third kappa shape index (κ3) is 13.5. The molecule has 0 N–H and O–H groups in total. The van der Waals surface area contributed by atoms with Gasteiger partial charge in [-0.05, 0) is 25.8 Å². The highest BCUT2D eigenvalue weighted by atomic mass is 16.6. The van der Waals surface area contributed by atoms with Gasteiger partial charge in [0.05, 0.1) is 26.4 Å². The summed E-state index contributed by atoms with van der Waals surface area (Å²) >= 11 is 0. The largest absolute Gasteiger partial charge is 0.488 e. The van der Waals surface area contributed by atoms with Gasteiger partial charge in [-0.15, -0.1) is 13.2 Å². The first-order valence-electron chi connectivity index (χ1n) is 17.9. The molecule has 0 saturated carbocycles. The summed E-state index contributed by atoms with van der Waals surface area (Å²) in [5, 5.41) is 3.40. The number of aryl methyl sites for hydroxylation is 1. The minimum atomic E-state index is -0.596. The lowest BCUT2D eigenvalue weighted by Gasteiger charge is -2.23. The molecule has 2 atom stereocenters. The number of ether oxygens (including phenoxy) is 6. The van der Waals surface area contributed by atoms with E-state index in [0.717, 1.165) is 78.5 Å². The van der Waals surface area contributed by atoms with E-state index in [4.69, 9.17) is 28.4 Å². The van der Waals surface area contributed by atoms with Crippen molar-refractivity contribution < 1.29 is 38.0 Å². The Hall–Kier alpha value is -3.88. The maximum Gasteiger partial charge on any atom is 0.306 e. The SMILES string of the molecule is C=CCOCC(COc1c2ccccc2c(OCC(COCC=C)OC(=O)CCCCCC)c2cc(C)ccc12)OC(=O)CCCCCC. The number of carbonyl (C=O) groups is 2. The third-order valence-corrected chi connectivity index (χ3v) is 8.05. The molecule has 3 aromatic rings. The zero-order valence-corrected chi connectivity index (χ0v) is 29.8. The molecule has 0 fully saturated rings. The van der Waals surface area contributed by atoms with Gasteiger partial charge in [-0.25, -0.2) is 0 Å². The summed E-state index contributed by atoms with van der Waals surface area (Å²) in [5.74, 6) is 0.817. The van der Waals surface area contributed by atoms with E-state index in [1.165, 1.54) is 0 Å². The molecule has 2 unspecified atom stereocenters. The normalized spacial score (nSPS) is 12.4. The summed E-state index contributed by atoms with van der Waals surface area (Å²) in [6, 6.07) is 14.0. The van der Waals surface area contributed by atoms with Gasteiger partial charge in [0.25, 0.3) is 0 Å². The van der Waals surface area contributed by atoms with Crippen molar-refractivity contribution in [2.24, 2.45) is 0 Å². The van der Waals surface area contributed by atoms with Crippen LogP contribution in [0, 0.1) is 6.92 Å². The Kier molecular flexibility index (Phi) is 18.3. The molecule has 3 rings (SSSR count). The number of benzene rings is 3. The zero-order chi connectivity index (χ0) is 35.3. The molecule has 268 valence electrons. The number of esters is 2. The minimum absolute atomic E-state index is 0.113. The van der Waals surface area contributed by atoms with Crippen molar-refractivity contribution in [2.45, 2.75) is 97.2 Å². The third-order valence-electron chi connectivity index (χ3n) is 8.05. The van der Waals surface area contributed by atoms with Gasteiger partial charge in [-0.2, -0.15) is 0 Å². The van der Waals surface area contributed by atoms with E-state index in [9.17, 15) is 9.59 Å². The molecule has 0 aliphatic rings. The predicted molar refractivity (Wildman–Crippen MR) is 196 cm³/mol. The van der Waals surface area contributed by atoms with E-state index >= 15 is 0 Å². The lowest BCUT2D eigenvalue weighted by molar-refractivity contribution is -0.154. The summed E-state index contributed by atoms with van der Waals surface area (Å²) in [5.41, 5.74) is 1.05. The molecule has 0 aliphatic carbocycles. The van der Waals surface area contributed by atoms with Crippen LogP contribution < -0.4 is 9.47 Å². The first kappa shape index (κ1) is 39.6. The molecule has 8 heteroatoms. The Bertz CT molecular complexity index is 1460. The van der Waals surface area contributed by atoms with Crippen molar-refractivity contribution in [2.75, 3.05) is 39.6 Å². The highest BCUT2D eigenvalue weighted by molar-refractivity contribution is 6.11. The topological polar surface area (TPSA) is 89.5 Å². The van der Waals surface area contributed by atoms with Gasteiger partial charge in [0.1, 0.15) is 24.7 Å². The first-order valence-corrected chi connectivity index (χ1v) is 17.9. The Balaban J connectivity index is 1.88. The molecule has 0 heterocycles. The second-order valence-electron chi connectivity index (χ2n) is 12.4. The van der Waals surface area contributed by atoms with Crippen molar-refractivity contribution in [1.82, 2.24) is 0 Å². The Morgan fingerprint density at radius 3 is 1.57 bits per heavy atom. The summed E-state index contributed by atoms with van der Waals surface area (Å²) in [4.78, 5) is 25.4. The van der Waals surface area contributed by atoms with E-state index in [1.54, 1.807) is 12.2 Å². The molecule has 0 spiro atoms. The van der Waals surface area contributed by atoms with Crippen molar-refractivity contribution in [3.05, 3.63) is 73.3 Å². The maximum absolute atomic E-state index is 12.7. The average Bonchev–Trinajstić information content (AvgIpc) is 3.09. The monoisotopic (exact) mass is 676 g/mol. The summed E-state index contributed by atoms with van der Waals surface area (Å²) in [6.45, 7) is 15.0. The van der Waals surface area contributed by atoms with Crippen LogP contribution in [0.25, 0.3) is 21.5 Å². The van der Waals surface area contributed by atoms with Crippen LogP contribution in [0.4, 0.5) is 0 Å². The van der Waals surface area contributed by atoms with Crippen LogP contribution in [0.15, 0.2) is 67.8 Å². The van der Waals surface area contributed by atoms with Crippen molar-refractivity contribution in [1.29, 1.82) is 0 Å². The van der Waals surface area contributed by atoms with Gasteiger partial charge in [0.2, 0.25) is 0 Å². The lowest BCUT2D eigenvalue weighted by Crippen LogP contribution is -2.30. The fraction of sp³-hybridized carbons (Fsp3) is 0.512. The molecule has 0 radical (unpaired) electrons. The number of fused-ring (bicyclic) bond motifs is 2. The van der Waals surface area contributed by atoms with Crippen LogP contribution in [0.1, 0.15) is 83.6 Å². The number of hydrogen-bond acceptors (Lipinski definition) is 8. The highest BCUT2D eigenvalue weighted by Gasteiger charge is 2.22. The quantitative estimate of drug-likeness (QED) is 0.0360. The van der Waals surface area contributed by atoms with Crippen molar-refractivity contribution >= 4 is 33.5 Å². The van der Waals surface area contributed by atoms with Gasteiger partial charge >= 0.3 is 11.9 Å². The predicted octanol–water partition coefficient (Wildman–Crippen LogP) is 9.23. The molecule has 3 aromatic carbocycles. The van der Waals surface area contributed by atoms with Crippen LogP contribution in [-0.4, -0.2) is 63.8 Å². The molecular formula is C41H56O8. The van der Waals surface area contributed by atoms with Gasteiger partial charge in [0.15, 0.2) is 12.2 Å². The number of hydrogen-bond donors (Lipinski definition) is 0. The zero-order valence-electron chi connectivity index (χ0n) is 29.8. The Labute approximate surface area is 292 Å². The van der Waals surface area contributed by atoms with Crippen LogP contribution >= 0.6 is 0 Å². The fourth-order valence-corrected chi connectivity index (χ4v) is 5.56. The molecule has 0 aromatic heterocycles. The average molecular weight is 677 g/mol. The molecule has 0 aliphatic heterocycles. The van der Waals surface area contributed by atoms with Crippen LogP contribution in [0.3, 0.4) is 0 Å². The first-order chi connectivity index (χ1) is 23.9. The standard InChI is InChI=1S/C41H56O8/c1-6-10-12-14-20-38(42)48-32(27-44-24-8-3)29-46-40-34-18-16-17-19-35(34)41(37-26-31(5)22-23-36(37)40)47-30-33(28-45-25-9-4)49-39(43)21-15-13-11-7-2/h8-9,16-19,22-23,26,32-33H,3-4,6-7,10-15,20-21,24-25,27-30H2,1-2,5H3. The van der Waals surface area contributed by atoms with Gasteiger partial charge < -0.3 is 28.4 Å². The van der Waals surface area contributed by atoms with Gasteiger partial charge in [-0.1, -0.05) is 106 Å². The number of carbonyl (C=O) groups excluding carboxylic acids is 2. The molecule has 0 bridgehead atoms. The number of unbranched alkanes of at least 4 members (excludes halogenated alkanes) is 6. The maximum atomic E-state index is 12.7. The Morgan fingerprint density at radius 1 is 0.633 bits per heavy atom. The van der Waals surface area contributed by atoms with E-state index in [-0.39, 0.29) is 38.4 Å².